The van der Waals surface area contributed by atoms with Gasteiger partial charge in [-0.25, -0.2) is 14.2 Å². The first kappa shape index (κ1) is 14.1. The van der Waals surface area contributed by atoms with Crippen LogP contribution in [0, 0.1) is 12.7 Å². The van der Waals surface area contributed by atoms with E-state index in [-0.39, 0.29) is 5.56 Å². The third kappa shape index (κ3) is 2.83. The van der Waals surface area contributed by atoms with Crippen LogP contribution in [-0.2, 0) is 4.79 Å². The number of aliphatic carboxylic acids is 1. The molecule has 0 aliphatic carbocycles. The van der Waals surface area contributed by atoms with Gasteiger partial charge in [-0.15, -0.1) is 11.3 Å². The Kier molecular flexibility index (Phi) is 4.09. The van der Waals surface area contributed by atoms with Gasteiger partial charge in [0.1, 0.15) is 10.7 Å². The molecule has 0 radical (unpaired) electrons. The summed E-state index contributed by atoms with van der Waals surface area (Å²) in [5, 5.41) is 11.5. The molecule has 0 spiro atoms. The second kappa shape index (κ2) is 5.79. The number of carbonyl (C=O) groups is 2. The SMILES string of the molecule is Cc1ncsc1C(=O)N[C@@H](C(=O)O)c1ccccc1F. The van der Waals surface area contributed by atoms with Crippen LogP contribution < -0.4 is 5.32 Å². The number of nitrogens with zero attached hydrogens (tertiary/aromatic N) is 1. The zero-order valence-electron chi connectivity index (χ0n) is 10.5. The Hall–Kier alpha value is -2.28. The van der Waals surface area contributed by atoms with Crippen molar-refractivity contribution >= 4 is 23.2 Å². The average Bonchev–Trinajstić information content (AvgIpc) is 2.83. The molecule has 1 aromatic carbocycles. The van der Waals surface area contributed by atoms with Crippen LogP contribution in [0.15, 0.2) is 29.8 Å². The molecule has 0 aliphatic rings. The molecule has 2 rings (SSSR count). The Morgan fingerprint density at radius 2 is 2.10 bits per heavy atom. The summed E-state index contributed by atoms with van der Waals surface area (Å²) in [6, 6.07) is 4.00. The lowest BCUT2D eigenvalue weighted by Gasteiger charge is -2.15. The summed E-state index contributed by atoms with van der Waals surface area (Å²) in [6.07, 6.45) is 0. The highest BCUT2D eigenvalue weighted by Crippen LogP contribution is 2.19. The van der Waals surface area contributed by atoms with Crippen LogP contribution >= 0.6 is 11.3 Å². The number of thiazole rings is 1. The lowest BCUT2D eigenvalue weighted by atomic mass is 10.1. The van der Waals surface area contributed by atoms with Crippen molar-refractivity contribution in [1.82, 2.24) is 10.3 Å². The fourth-order valence-electron chi connectivity index (χ4n) is 1.70. The standard InChI is InChI=1S/C13H11FN2O3S/c1-7-11(20-6-15-7)12(17)16-10(13(18)19)8-4-2-3-5-9(8)14/h2-6,10H,1H3,(H,16,17)(H,18,19)/t10-/m1/s1. The Morgan fingerprint density at radius 1 is 1.40 bits per heavy atom. The summed E-state index contributed by atoms with van der Waals surface area (Å²) in [5.41, 5.74) is 1.91. The van der Waals surface area contributed by atoms with Crippen LogP contribution in [-0.4, -0.2) is 22.0 Å². The maximum atomic E-state index is 13.6. The van der Waals surface area contributed by atoms with Crippen molar-refractivity contribution in [3.63, 3.8) is 0 Å². The molecule has 1 aromatic heterocycles. The Morgan fingerprint density at radius 3 is 2.65 bits per heavy atom. The highest BCUT2D eigenvalue weighted by molar-refractivity contribution is 7.11. The zero-order chi connectivity index (χ0) is 14.7. The van der Waals surface area contributed by atoms with E-state index in [0.29, 0.717) is 10.6 Å². The molecule has 0 unspecified atom stereocenters. The van der Waals surface area contributed by atoms with E-state index in [4.69, 9.17) is 0 Å². The molecular weight excluding hydrogens is 283 g/mol. The minimum absolute atomic E-state index is 0.0875. The summed E-state index contributed by atoms with van der Waals surface area (Å²) in [6.45, 7) is 1.64. The number of aryl methyl sites for hydroxylation is 1. The van der Waals surface area contributed by atoms with Crippen molar-refractivity contribution in [3.05, 3.63) is 51.7 Å². The molecule has 20 heavy (non-hydrogen) atoms. The molecule has 1 atom stereocenters. The van der Waals surface area contributed by atoms with Crippen molar-refractivity contribution in [2.75, 3.05) is 0 Å². The van der Waals surface area contributed by atoms with E-state index in [2.05, 4.69) is 10.3 Å². The first-order chi connectivity index (χ1) is 9.50. The lowest BCUT2D eigenvalue weighted by molar-refractivity contribution is -0.139. The van der Waals surface area contributed by atoms with Crippen LogP contribution in [0.4, 0.5) is 4.39 Å². The van der Waals surface area contributed by atoms with Crippen molar-refractivity contribution in [2.45, 2.75) is 13.0 Å². The van der Waals surface area contributed by atoms with Crippen molar-refractivity contribution < 1.29 is 19.1 Å². The highest BCUT2D eigenvalue weighted by Gasteiger charge is 2.26. The third-order valence-electron chi connectivity index (χ3n) is 2.69. The molecule has 2 N–H and O–H groups in total. The van der Waals surface area contributed by atoms with Crippen molar-refractivity contribution in [2.24, 2.45) is 0 Å². The number of hydrogen-bond donors (Lipinski definition) is 2. The van der Waals surface area contributed by atoms with E-state index in [1.54, 1.807) is 6.92 Å². The molecular formula is C13H11FN2O3S. The van der Waals surface area contributed by atoms with E-state index < -0.39 is 23.7 Å². The van der Waals surface area contributed by atoms with Crippen LogP contribution in [0.5, 0.6) is 0 Å². The minimum atomic E-state index is -1.44. The molecule has 0 aliphatic heterocycles. The lowest BCUT2D eigenvalue weighted by Crippen LogP contribution is -2.34. The maximum absolute atomic E-state index is 13.6. The van der Waals surface area contributed by atoms with Gasteiger partial charge >= 0.3 is 5.97 Å². The number of carbonyl (C=O) groups excluding carboxylic acids is 1. The topological polar surface area (TPSA) is 79.3 Å². The van der Waals surface area contributed by atoms with Gasteiger partial charge in [0, 0.05) is 5.56 Å². The number of halogens is 1. The summed E-state index contributed by atoms with van der Waals surface area (Å²) in [5.74, 6) is -2.59. The molecule has 0 bridgehead atoms. The molecule has 0 saturated carbocycles. The number of amides is 1. The quantitative estimate of drug-likeness (QED) is 0.905. The van der Waals surface area contributed by atoms with E-state index in [0.717, 1.165) is 17.4 Å². The minimum Gasteiger partial charge on any atom is -0.479 e. The van der Waals surface area contributed by atoms with Gasteiger partial charge in [-0.2, -0.15) is 0 Å². The van der Waals surface area contributed by atoms with E-state index in [1.165, 1.54) is 23.7 Å². The summed E-state index contributed by atoms with van der Waals surface area (Å²) in [4.78, 5) is 27.5. The van der Waals surface area contributed by atoms with Gasteiger partial charge in [0.2, 0.25) is 0 Å². The average molecular weight is 294 g/mol. The molecule has 5 nitrogen and oxygen atoms in total. The number of carboxylic acids is 1. The fourth-order valence-corrected chi connectivity index (χ4v) is 2.40. The van der Waals surface area contributed by atoms with Gasteiger partial charge in [-0.1, -0.05) is 18.2 Å². The van der Waals surface area contributed by atoms with Crippen LogP contribution in [0.25, 0.3) is 0 Å². The van der Waals surface area contributed by atoms with Gasteiger partial charge in [-0.05, 0) is 13.0 Å². The molecule has 0 fully saturated rings. The highest BCUT2D eigenvalue weighted by atomic mass is 32.1. The Labute approximate surface area is 118 Å². The largest absolute Gasteiger partial charge is 0.479 e. The fraction of sp³-hybridized carbons (Fsp3) is 0.154. The van der Waals surface area contributed by atoms with Crippen LogP contribution in [0.3, 0.4) is 0 Å². The van der Waals surface area contributed by atoms with E-state index in [1.807, 2.05) is 0 Å². The first-order valence-corrected chi connectivity index (χ1v) is 6.57. The second-order valence-corrected chi connectivity index (χ2v) is 4.89. The Balaban J connectivity index is 2.28. The van der Waals surface area contributed by atoms with Crippen molar-refractivity contribution in [1.29, 1.82) is 0 Å². The summed E-state index contributed by atoms with van der Waals surface area (Å²) in [7, 11) is 0. The number of carboxylic acid groups (broad SMARTS) is 1. The summed E-state index contributed by atoms with van der Waals surface area (Å²) < 4.78 is 13.6. The molecule has 0 saturated heterocycles. The molecule has 104 valence electrons. The molecule has 7 heteroatoms. The van der Waals surface area contributed by atoms with Gasteiger partial charge in [0.25, 0.3) is 5.91 Å². The maximum Gasteiger partial charge on any atom is 0.331 e. The smallest absolute Gasteiger partial charge is 0.331 e. The van der Waals surface area contributed by atoms with E-state index in [9.17, 15) is 19.1 Å². The van der Waals surface area contributed by atoms with Gasteiger partial charge in [0.05, 0.1) is 11.2 Å². The van der Waals surface area contributed by atoms with Crippen LogP contribution in [0.2, 0.25) is 0 Å². The zero-order valence-corrected chi connectivity index (χ0v) is 11.3. The second-order valence-electron chi connectivity index (χ2n) is 4.03. The van der Waals surface area contributed by atoms with Gasteiger partial charge < -0.3 is 10.4 Å². The predicted molar refractivity (Wildman–Crippen MR) is 71.1 cm³/mol. The van der Waals surface area contributed by atoms with Gasteiger partial charge in [0.15, 0.2) is 6.04 Å². The van der Waals surface area contributed by atoms with E-state index >= 15 is 0 Å². The van der Waals surface area contributed by atoms with Crippen LogP contribution in [0.1, 0.15) is 27.0 Å². The molecule has 1 amide bonds. The predicted octanol–water partition coefficient (Wildman–Crippen LogP) is 2.15. The first-order valence-electron chi connectivity index (χ1n) is 5.69. The number of nitrogens with one attached hydrogen (secondary N) is 1. The molecule has 1 heterocycles. The Bertz CT molecular complexity index is 657. The van der Waals surface area contributed by atoms with Crippen molar-refractivity contribution in [3.8, 4) is 0 Å². The number of rotatable bonds is 4. The van der Waals surface area contributed by atoms with Gasteiger partial charge in [-0.3, -0.25) is 4.79 Å². The number of benzene rings is 1. The monoisotopic (exact) mass is 294 g/mol. The third-order valence-corrected chi connectivity index (χ3v) is 3.62. The molecule has 2 aromatic rings. The normalized spacial score (nSPS) is 11.9. The number of hydrogen-bond acceptors (Lipinski definition) is 4. The summed E-state index contributed by atoms with van der Waals surface area (Å²) >= 11 is 1.10. The number of aromatic nitrogens is 1.